The Bertz CT molecular complexity index is 421. The van der Waals surface area contributed by atoms with Gasteiger partial charge in [0.05, 0.1) is 5.56 Å². The van der Waals surface area contributed by atoms with Gasteiger partial charge < -0.3 is 0 Å². The van der Waals surface area contributed by atoms with Gasteiger partial charge in [0.15, 0.2) is 17.5 Å². The van der Waals surface area contributed by atoms with Crippen LogP contribution in [0, 0.1) is 36.1 Å². The number of halogens is 6. The highest BCUT2D eigenvalue weighted by Crippen LogP contribution is 2.40. The van der Waals surface area contributed by atoms with E-state index in [4.69, 9.17) is 0 Å². The smallest absolute Gasteiger partial charge is 0.206 e. The molecule has 0 amide bonds. The molecule has 17 heavy (non-hydrogen) atoms. The lowest BCUT2D eigenvalue weighted by Gasteiger charge is -2.22. The highest BCUT2D eigenvalue weighted by molar-refractivity contribution is 5.32. The largest absolute Gasteiger partial charge is 0.281 e. The van der Waals surface area contributed by atoms with E-state index in [1.165, 1.54) is 0 Å². The fourth-order valence-corrected chi connectivity index (χ4v) is 1.33. The highest BCUT2D eigenvalue weighted by Gasteiger charge is 2.43. The van der Waals surface area contributed by atoms with E-state index in [9.17, 15) is 26.3 Å². The van der Waals surface area contributed by atoms with Gasteiger partial charge in [-0.3, -0.25) is 0 Å². The van der Waals surface area contributed by atoms with Crippen molar-refractivity contribution < 1.29 is 26.3 Å². The van der Waals surface area contributed by atoms with Crippen LogP contribution >= 0.6 is 0 Å². The predicted octanol–water partition coefficient (Wildman–Crippen LogP) is 4.30. The van der Waals surface area contributed by atoms with Gasteiger partial charge in [-0.15, -0.1) is 0 Å². The second-order valence-corrected chi connectivity index (χ2v) is 4.03. The molecule has 0 saturated heterocycles. The molecule has 0 atom stereocenters. The van der Waals surface area contributed by atoms with E-state index in [2.05, 4.69) is 0 Å². The molecule has 96 valence electrons. The van der Waals surface area contributed by atoms with E-state index in [0.29, 0.717) is 0 Å². The van der Waals surface area contributed by atoms with Gasteiger partial charge in [-0.1, -0.05) is 13.8 Å². The van der Waals surface area contributed by atoms with Crippen molar-refractivity contribution in [3.05, 3.63) is 34.4 Å². The Labute approximate surface area is 94.2 Å². The first-order valence-corrected chi connectivity index (χ1v) is 4.83. The molecule has 0 unspecified atom stereocenters. The monoisotopic (exact) mass is 256 g/mol. The summed E-state index contributed by atoms with van der Waals surface area (Å²) < 4.78 is 79.6. The van der Waals surface area contributed by atoms with Crippen molar-refractivity contribution in [2.45, 2.75) is 26.7 Å². The van der Waals surface area contributed by atoms with Crippen molar-refractivity contribution in [3.8, 4) is 0 Å². The number of hydrogen-bond donors (Lipinski definition) is 0. The first-order chi connectivity index (χ1) is 7.62. The molecule has 0 spiro atoms. The van der Waals surface area contributed by atoms with E-state index < -0.39 is 46.2 Å². The van der Waals surface area contributed by atoms with Crippen molar-refractivity contribution in [2.75, 3.05) is 0 Å². The van der Waals surface area contributed by atoms with Gasteiger partial charge in [-0.05, 0) is 6.92 Å². The van der Waals surface area contributed by atoms with Crippen molar-refractivity contribution in [1.82, 2.24) is 0 Å². The second-order valence-electron chi connectivity index (χ2n) is 4.03. The Balaban J connectivity index is 3.66. The molecule has 0 radical (unpaired) electrons. The average Bonchev–Trinajstić information content (AvgIpc) is 2.23. The lowest BCUT2D eigenvalue weighted by Crippen LogP contribution is -2.26. The van der Waals surface area contributed by atoms with Crippen molar-refractivity contribution in [3.63, 3.8) is 0 Å². The summed E-state index contributed by atoms with van der Waals surface area (Å²) in [7, 11) is 0. The molecule has 0 saturated carbocycles. The molecule has 0 aliphatic heterocycles. The van der Waals surface area contributed by atoms with Crippen LogP contribution < -0.4 is 0 Å². The number of benzene rings is 1. The molecule has 0 aromatic heterocycles. The van der Waals surface area contributed by atoms with E-state index in [1.54, 1.807) is 0 Å². The van der Waals surface area contributed by atoms with Gasteiger partial charge in [0.2, 0.25) is 0 Å². The molecule has 1 aromatic carbocycles. The van der Waals surface area contributed by atoms with Gasteiger partial charge >= 0.3 is 0 Å². The molecule has 6 heteroatoms. The lowest BCUT2D eigenvalue weighted by atomic mass is 9.94. The lowest BCUT2D eigenvalue weighted by molar-refractivity contribution is -0.0583. The summed E-state index contributed by atoms with van der Waals surface area (Å²) in [6.07, 6.45) is 0. The molecule has 1 rings (SSSR count). The summed E-state index contributed by atoms with van der Waals surface area (Å²) in [6.45, 7) is 2.82. The predicted molar refractivity (Wildman–Crippen MR) is 49.7 cm³/mol. The van der Waals surface area contributed by atoms with Gasteiger partial charge in [-0.2, -0.15) is 0 Å². The first kappa shape index (κ1) is 13.9. The molecule has 0 aliphatic rings. The molecule has 0 nitrogen and oxygen atoms in total. The van der Waals surface area contributed by atoms with Crippen LogP contribution in [0.25, 0.3) is 0 Å². The van der Waals surface area contributed by atoms with Crippen molar-refractivity contribution in [1.29, 1.82) is 0 Å². The first-order valence-electron chi connectivity index (χ1n) is 4.83. The normalized spacial score (nSPS) is 12.4. The molecular formula is C11H10F6. The van der Waals surface area contributed by atoms with Crippen LogP contribution in [-0.2, 0) is 5.92 Å². The van der Waals surface area contributed by atoms with E-state index in [0.717, 1.165) is 20.8 Å². The minimum atomic E-state index is -3.91. The molecule has 0 bridgehead atoms. The van der Waals surface area contributed by atoms with Gasteiger partial charge in [-0.25, -0.2) is 26.3 Å². The maximum atomic E-state index is 13.5. The average molecular weight is 256 g/mol. The fourth-order valence-electron chi connectivity index (χ4n) is 1.33. The Morgan fingerprint density at radius 2 is 1.29 bits per heavy atom. The second kappa shape index (κ2) is 4.23. The summed E-state index contributed by atoms with van der Waals surface area (Å²) >= 11 is 0. The Hall–Kier alpha value is -1.20. The zero-order valence-electron chi connectivity index (χ0n) is 9.35. The van der Waals surface area contributed by atoms with Gasteiger partial charge in [0.1, 0.15) is 5.82 Å². The standard InChI is InChI=1S/C11H10F6/c1-4(2)11(16,17)6-7(12)5(3)8(13)10(15)9(6)14/h4H,1-3H3. The number of hydrogen-bond acceptors (Lipinski definition) is 0. The zero-order valence-corrected chi connectivity index (χ0v) is 9.35. The summed E-state index contributed by atoms with van der Waals surface area (Å²) in [5.41, 5.74) is -2.68. The van der Waals surface area contributed by atoms with Crippen LogP contribution in [0.4, 0.5) is 26.3 Å². The quantitative estimate of drug-likeness (QED) is 0.420. The molecule has 0 fully saturated rings. The Kier molecular flexibility index (Phi) is 3.45. The topological polar surface area (TPSA) is 0 Å². The molecule has 0 heterocycles. The van der Waals surface area contributed by atoms with Crippen molar-refractivity contribution >= 4 is 0 Å². The van der Waals surface area contributed by atoms with Crippen LogP contribution in [0.3, 0.4) is 0 Å². The minimum Gasteiger partial charge on any atom is -0.206 e. The maximum Gasteiger partial charge on any atom is 0.281 e. The summed E-state index contributed by atoms with van der Waals surface area (Å²) in [4.78, 5) is 0. The SMILES string of the molecule is Cc1c(F)c(F)c(F)c(C(F)(F)C(C)C)c1F. The molecule has 0 aliphatic carbocycles. The number of rotatable bonds is 2. The van der Waals surface area contributed by atoms with E-state index in [1.807, 2.05) is 0 Å². The Morgan fingerprint density at radius 3 is 1.71 bits per heavy atom. The van der Waals surface area contributed by atoms with Crippen LogP contribution in [-0.4, -0.2) is 0 Å². The summed E-state index contributed by atoms with van der Waals surface area (Å²) in [5, 5.41) is 0. The van der Waals surface area contributed by atoms with Crippen LogP contribution in [0.2, 0.25) is 0 Å². The molecular weight excluding hydrogens is 246 g/mol. The third-order valence-corrected chi connectivity index (χ3v) is 2.54. The third kappa shape index (κ3) is 2.00. The fraction of sp³-hybridized carbons (Fsp3) is 0.455. The molecule has 0 N–H and O–H groups in total. The zero-order chi connectivity index (χ0) is 13.5. The van der Waals surface area contributed by atoms with Crippen molar-refractivity contribution in [2.24, 2.45) is 5.92 Å². The highest BCUT2D eigenvalue weighted by atomic mass is 19.3. The van der Waals surface area contributed by atoms with Crippen LogP contribution in [0.5, 0.6) is 0 Å². The number of alkyl halides is 2. The third-order valence-electron chi connectivity index (χ3n) is 2.54. The summed E-state index contributed by atoms with van der Waals surface area (Å²) in [6, 6.07) is 0. The van der Waals surface area contributed by atoms with E-state index >= 15 is 0 Å². The summed E-state index contributed by atoms with van der Waals surface area (Å²) in [5.74, 6) is -13.2. The Morgan fingerprint density at radius 1 is 0.824 bits per heavy atom. The minimum absolute atomic E-state index is 0.771. The van der Waals surface area contributed by atoms with E-state index in [-0.39, 0.29) is 0 Å². The maximum absolute atomic E-state index is 13.5. The van der Waals surface area contributed by atoms with Gasteiger partial charge in [0.25, 0.3) is 5.92 Å². The van der Waals surface area contributed by atoms with Crippen LogP contribution in [0.1, 0.15) is 25.0 Å². The van der Waals surface area contributed by atoms with Gasteiger partial charge in [0, 0.05) is 11.5 Å². The van der Waals surface area contributed by atoms with Crippen LogP contribution in [0.15, 0.2) is 0 Å². The molecule has 1 aromatic rings.